The summed E-state index contributed by atoms with van der Waals surface area (Å²) in [4.78, 5) is 0. The van der Waals surface area contributed by atoms with E-state index in [-0.39, 0.29) is 22.3 Å². The quantitative estimate of drug-likeness (QED) is 0.767. The van der Waals surface area contributed by atoms with Gasteiger partial charge in [0.25, 0.3) is 0 Å². The molecule has 0 saturated heterocycles. The summed E-state index contributed by atoms with van der Waals surface area (Å²) in [5, 5.41) is 17.5. The van der Waals surface area contributed by atoms with Crippen molar-refractivity contribution in [2.45, 2.75) is 0 Å². The Balaban J connectivity index is 2.69. The molecule has 0 heterocycles. The zero-order valence-electron chi connectivity index (χ0n) is 9.11. The second-order valence-corrected chi connectivity index (χ2v) is 3.61. The average Bonchev–Trinajstić information content (AvgIpc) is 2.40. The molecule has 0 unspecified atom stereocenters. The first-order chi connectivity index (χ1) is 8.65. The highest BCUT2D eigenvalue weighted by atomic mass is 19.1. The predicted molar refractivity (Wildman–Crippen MR) is 61.2 cm³/mol. The van der Waals surface area contributed by atoms with Gasteiger partial charge in [0, 0.05) is 11.1 Å². The van der Waals surface area contributed by atoms with Gasteiger partial charge in [0.1, 0.15) is 11.6 Å². The molecule has 0 aliphatic heterocycles. The van der Waals surface area contributed by atoms with Crippen LogP contribution in [0, 0.1) is 34.3 Å². The van der Waals surface area contributed by atoms with Crippen LogP contribution >= 0.6 is 0 Å². The topological polar surface area (TPSA) is 47.6 Å². The van der Waals surface area contributed by atoms with E-state index >= 15 is 0 Å². The fourth-order valence-corrected chi connectivity index (χ4v) is 1.60. The lowest BCUT2D eigenvalue weighted by molar-refractivity contribution is 0.616. The number of hydrogen-bond donors (Lipinski definition) is 0. The van der Waals surface area contributed by atoms with Crippen LogP contribution in [0.2, 0.25) is 0 Å². The molecule has 18 heavy (non-hydrogen) atoms. The summed E-state index contributed by atoms with van der Waals surface area (Å²) in [5.74, 6) is -1.27. The molecule has 0 spiro atoms. The Hall–Kier alpha value is -2.72. The number of hydrogen-bond acceptors (Lipinski definition) is 2. The minimum atomic E-state index is -0.636. The van der Waals surface area contributed by atoms with Crippen molar-refractivity contribution >= 4 is 0 Å². The van der Waals surface area contributed by atoms with Gasteiger partial charge in [-0.1, -0.05) is 0 Å². The standard InChI is InChI=1S/C14H6F2N2/c15-13-3-1-9(7-17)5-11(13)12-6-10(8-18)2-4-14(12)16/h1-6H. The predicted octanol–water partition coefficient (Wildman–Crippen LogP) is 3.38. The van der Waals surface area contributed by atoms with E-state index in [1.54, 1.807) is 0 Å². The molecule has 2 aromatic carbocycles. The second-order valence-electron chi connectivity index (χ2n) is 3.61. The first kappa shape index (κ1) is 11.8. The number of halogens is 2. The average molecular weight is 240 g/mol. The summed E-state index contributed by atoms with van der Waals surface area (Å²) < 4.78 is 27.3. The molecule has 2 rings (SSSR count). The maximum absolute atomic E-state index is 13.6. The zero-order valence-corrected chi connectivity index (χ0v) is 9.11. The Morgan fingerprint density at radius 2 is 1.11 bits per heavy atom. The van der Waals surface area contributed by atoms with E-state index < -0.39 is 11.6 Å². The summed E-state index contributed by atoms with van der Waals surface area (Å²) in [7, 11) is 0. The van der Waals surface area contributed by atoms with Crippen molar-refractivity contribution in [2.24, 2.45) is 0 Å². The molecule has 0 fully saturated rings. The van der Waals surface area contributed by atoms with Gasteiger partial charge in [-0.3, -0.25) is 0 Å². The van der Waals surface area contributed by atoms with Crippen molar-refractivity contribution in [3.63, 3.8) is 0 Å². The van der Waals surface area contributed by atoms with Crippen LogP contribution in [-0.2, 0) is 0 Å². The fourth-order valence-electron chi connectivity index (χ4n) is 1.60. The number of benzene rings is 2. The molecule has 2 nitrogen and oxygen atoms in total. The Morgan fingerprint density at radius 1 is 0.722 bits per heavy atom. The highest BCUT2D eigenvalue weighted by molar-refractivity contribution is 5.68. The highest BCUT2D eigenvalue weighted by Crippen LogP contribution is 2.27. The molecule has 0 amide bonds. The van der Waals surface area contributed by atoms with Crippen molar-refractivity contribution in [3.05, 3.63) is 59.2 Å². The third-order valence-electron chi connectivity index (χ3n) is 2.48. The molecule has 0 N–H and O–H groups in total. The van der Waals surface area contributed by atoms with E-state index in [1.165, 1.54) is 24.3 Å². The molecule has 0 aliphatic rings. The van der Waals surface area contributed by atoms with Crippen LogP contribution in [0.1, 0.15) is 11.1 Å². The molecule has 0 aromatic heterocycles. The Labute approximate surface area is 102 Å². The van der Waals surface area contributed by atoms with E-state index in [9.17, 15) is 8.78 Å². The smallest absolute Gasteiger partial charge is 0.131 e. The molecule has 0 saturated carbocycles. The zero-order chi connectivity index (χ0) is 13.1. The first-order valence-corrected chi connectivity index (χ1v) is 5.05. The van der Waals surface area contributed by atoms with Crippen LogP contribution in [0.5, 0.6) is 0 Å². The van der Waals surface area contributed by atoms with Crippen LogP contribution in [0.3, 0.4) is 0 Å². The monoisotopic (exact) mass is 240 g/mol. The fraction of sp³-hybridized carbons (Fsp3) is 0. The van der Waals surface area contributed by atoms with Crippen molar-refractivity contribution in [1.29, 1.82) is 10.5 Å². The third kappa shape index (κ3) is 2.05. The molecule has 4 heteroatoms. The van der Waals surface area contributed by atoms with Crippen LogP contribution in [0.25, 0.3) is 11.1 Å². The van der Waals surface area contributed by atoms with Gasteiger partial charge in [0.15, 0.2) is 0 Å². The Bertz CT molecular complexity index is 632. The van der Waals surface area contributed by atoms with Crippen molar-refractivity contribution in [3.8, 4) is 23.3 Å². The van der Waals surface area contributed by atoms with E-state index in [2.05, 4.69) is 0 Å². The molecule has 0 bridgehead atoms. The lowest BCUT2D eigenvalue weighted by Crippen LogP contribution is -1.91. The Kier molecular flexibility index (Phi) is 3.03. The van der Waals surface area contributed by atoms with Crippen LogP contribution < -0.4 is 0 Å². The Morgan fingerprint density at radius 3 is 1.44 bits per heavy atom. The number of nitriles is 2. The summed E-state index contributed by atoms with van der Waals surface area (Å²) in [6.45, 7) is 0. The lowest BCUT2D eigenvalue weighted by atomic mass is 10.0. The van der Waals surface area contributed by atoms with Gasteiger partial charge in [0.05, 0.1) is 23.3 Å². The van der Waals surface area contributed by atoms with Gasteiger partial charge in [-0.05, 0) is 36.4 Å². The molecular formula is C14H6F2N2. The van der Waals surface area contributed by atoms with Crippen LogP contribution in [0.4, 0.5) is 8.78 Å². The number of nitrogens with zero attached hydrogens (tertiary/aromatic N) is 2. The van der Waals surface area contributed by atoms with Gasteiger partial charge in [-0.15, -0.1) is 0 Å². The molecule has 0 aliphatic carbocycles. The first-order valence-electron chi connectivity index (χ1n) is 5.05. The van der Waals surface area contributed by atoms with E-state index in [0.29, 0.717) is 0 Å². The largest absolute Gasteiger partial charge is 0.206 e. The van der Waals surface area contributed by atoms with Crippen molar-refractivity contribution in [1.82, 2.24) is 0 Å². The summed E-state index contributed by atoms with van der Waals surface area (Å²) in [5.41, 5.74) is 0.411. The van der Waals surface area contributed by atoms with Gasteiger partial charge >= 0.3 is 0 Å². The summed E-state index contributed by atoms with van der Waals surface area (Å²) >= 11 is 0. The second kappa shape index (κ2) is 4.65. The molecule has 86 valence electrons. The van der Waals surface area contributed by atoms with Crippen molar-refractivity contribution in [2.75, 3.05) is 0 Å². The highest BCUT2D eigenvalue weighted by Gasteiger charge is 2.11. The number of rotatable bonds is 1. The molecule has 2 aromatic rings. The molecule has 0 atom stereocenters. The normalized spacial score (nSPS) is 9.56. The van der Waals surface area contributed by atoms with Gasteiger partial charge in [0.2, 0.25) is 0 Å². The summed E-state index contributed by atoms with van der Waals surface area (Å²) in [6, 6.07) is 11.1. The van der Waals surface area contributed by atoms with Crippen molar-refractivity contribution < 1.29 is 8.78 Å². The third-order valence-corrected chi connectivity index (χ3v) is 2.48. The molecule has 0 radical (unpaired) electrons. The van der Waals surface area contributed by atoms with E-state index in [4.69, 9.17) is 10.5 Å². The minimum absolute atomic E-state index is 0.0244. The summed E-state index contributed by atoms with van der Waals surface area (Å²) in [6.07, 6.45) is 0. The van der Waals surface area contributed by atoms with E-state index in [0.717, 1.165) is 12.1 Å². The molecular weight excluding hydrogens is 234 g/mol. The maximum atomic E-state index is 13.6. The SMILES string of the molecule is N#Cc1ccc(F)c(-c2cc(C#N)ccc2F)c1. The van der Waals surface area contributed by atoms with E-state index in [1.807, 2.05) is 12.1 Å². The van der Waals surface area contributed by atoms with Gasteiger partial charge in [-0.2, -0.15) is 10.5 Å². The maximum Gasteiger partial charge on any atom is 0.131 e. The van der Waals surface area contributed by atoms with Crippen LogP contribution in [0.15, 0.2) is 36.4 Å². The van der Waals surface area contributed by atoms with Gasteiger partial charge < -0.3 is 0 Å². The minimum Gasteiger partial charge on any atom is -0.206 e. The van der Waals surface area contributed by atoms with Crippen LogP contribution in [-0.4, -0.2) is 0 Å². The van der Waals surface area contributed by atoms with Gasteiger partial charge in [-0.25, -0.2) is 8.78 Å². The lowest BCUT2D eigenvalue weighted by Gasteiger charge is -2.06.